The summed E-state index contributed by atoms with van der Waals surface area (Å²) in [6, 6.07) is 11.2. The van der Waals surface area contributed by atoms with Crippen LogP contribution in [-0.2, 0) is 0 Å². The van der Waals surface area contributed by atoms with Crippen molar-refractivity contribution >= 4 is 10.9 Å². The minimum atomic E-state index is 0.546. The lowest BCUT2D eigenvalue weighted by Gasteiger charge is -2.17. The van der Waals surface area contributed by atoms with Crippen LogP contribution in [0.1, 0.15) is 31.7 Å². The fourth-order valence-electron chi connectivity index (χ4n) is 2.17. The van der Waals surface area contributed by atoms with Gasteiger partial charge in [0.25, 0.3) is 0 Å². The molecule has 90 valence electrons. The Bertz CT molecular complexity index is 493. The second-order valence-corrected chi connectivity index (χ2v) is 4.78. The summed E-state index contributed by atoms with van der Waals surface area (Å²) in [6.07, 6.45) is 3.00. The predicted molar refractivity (Wildman–Crippen MR) is 73.3 cm³/mol. The molecule has 0 fully saturated rings. The van der Waals surface area contributed by atoms with Crippen LogP contribution < -0.4 is 5.32 Å². The van der Waals surface area contributed by atoms with Gasteiger partial charge >= 0.3 is 0 Å². The fraction of sp³-hybridized carbons (Fsp3) is 0.400. The first-order valence-electron chi connectivity index (χ1n) is 6.22. The largest absolute Gasteiger partial charge is 0.317 e. The fourth-order valence-corrected chi connectivity index (χ4v) is 2.17. The van der Waals surface area contributed by atoms with E-state index < -0.39 is 0 Å². The highest BCUT2D eigenvalue weighted by Gasteiger charge is 2.10. The van der Waals surface area contributed by atoms with Gasteiger partial charge in [0, 0.05) is 17.6 Å². The highest BCUT2D eigenvalue weighted by molar-refractivity contribution is 5.78. The van der Waals surface area contributed by atoms with E-state index in [1.54, 1.807) is 0 Å². The summed E-state index contributed by atoms with van der Waals surface area (Å²) in [5.74, 6) is 0.559. The Morgan fingerprint density at radius 3 is 2.82 bits per heavy atom. The van der Waals surface area contributed by atoms with Crippen molar-refractivity contribution in [3.8, 4) is 0 Å². The van der Waals surface area contributed by atoms with E-state index in [-0.39, 0.29) is 0 Å². The molecule has 0 aliphatic rings. The Kier molecular flexibility index (Phi) is 3.75. The van der Waals surface area contributed by atoms with Gasteiger partial charge < -0.3 is 5.32 Å². The number of aromatic nitrogens is 1. The van der Waals surface area contributed by atoms with E-state index in [2.05, 4.69) is 48.4 Å². The molecule has 1 N–H and O–H groups in total. The molecular weight excluding hydrogens is 208 g/mol. The Hall–Kier alpha value is -1.41. The van der Waals surface area contributed by atoms with Crippen molar-refractivity contribution in [2.45, 2.75) is 32.2 Å². The normalized spacial score (nSPS) is 14.8. The summed E-state index contributed by atoms with van der Waals surface area (Å²) in [5.41, 5.74) is 2.47. The second-order valence-electron chi connectivity index (χ2n) is 4.78. The topological polar surface area (TPSA) is 24.9 Å². The van der Waals surface area contributed by atoms with Crippen LogP contribution in [0.3, 0.4) is 0 Å². The van der Waals surface area contributed by atoms with Crippen molar-refractivity contribution in [3.05, 3.63) is 42.1 Å². The molecular formula is C15H20N2. The molecule has 2 heteroatoms. The summed E-state index contributed by atoms with van der Waals surface area (Å²) in [5, 5.41) is 4.50. The average molecular weight is 228 g/mol. The van der Waals surface area contributed by atoms with Gasteiger partial charge in [-0.2, -0.15) is 0 Å². The van der Waals surface area contributed by atoms with Crippen molar-refractivity contribution in [2.75, 3.05) is 7.05 Å². The summed E-state index contributed by atoms with van der Waals surface area (Å²) in [7, 11) is 2.01. The summed E-state index contributed by atoms with van der Waals surface area (Å²) in [4.78, 5) is 4.41. The second kappa shape index (κ2) is 5.28. The Balaban J connectivity index is 2.23. The highest BCUT2D eigenvalue weighted by atomic mass is 14.8. The zero-order valence-corrected chi connectivity index (χ0v) is 10.8. The monoisotopic (exact) mass is 228 g/mol. The van der Waals surface area contributed by atoms with Crippen LogP contribution >= 0.6 is 0 Å². The molecule has 2 rings (SSSR count). The van der Waals surface area contributed by atoms with Gasteiger partial charge in [-0.3, -0.25) is 4.98 Å². The minimum absolute atomic E-state index is 0.546. The van der Waals surface area contributed by atoms with E-state index in [4.69, 9.17) is 0 Å². The molecule has 2 atom stereocenters. The lowest BCUT2D eigenvalue weighted by Crippen LogP contribution is -2.22. The molecule has 1 heterocycles. The van der Waals surface area contributed by atoms with Crippen LogP contribution in [0.25, 0.3) is 10.9 Å². The van der Waals surface area contributed by atoms with Crippen LogP contribution in [0.15, 0.2) is 36.5 Å². The molecule has 0 saturated carbocycles. The molecule has 0 saturated heterocycles. The van der Waals surface area contributed by atoms with Gasteiger partial charge in [0.2, 0.25) is 0 Å². The van der Waals surface area contributed by atoms with E-state index in [1.807, 2.05) is 19.3 Å². The molecule has 2 nitrogen and oxygen atoms in total. The first-order valence-corrected chi connectivity index (χ1v) is 6.22. The van der Waals surface area contributed by atoms with E-state index in [9.17, 15) is 0 Å². The number of benzene rings is 1. The number of nitrogens with zero attached hydrogens (tertiary/aromatic N) is 1. The quantitative estimate of drug-likeness (QED) is 0.868. The van der Waals surface area contributed by atoms with Gasteiger partial charge in [0.05, 0.1) is 5.52 Å². The molecule has 1 aromatic heterocycles. The molecule has 1 aromatic carbocycles. The average Bonchev–Trinajstić information content (AvgIpc) is 2.38. The van der Waals surface area contributed by atoms with Crippen molar-refractivity contribution in [2.24, 2.45) is 0 Å². The first kappa shape index (κ1) is 12.1. The predicted octanol–water partition coefficient (Wildman–Crippen LogP) is 3.34. The van der Waals surface area contributed by atoms with E-state index in [0.717, 1.165) is 11.9 Å². The molecule has 0 radical (unpaired) electrons. The molecule has 0 spiro atoms. The highest BCUT2D eigenvalue weighted by Crippen LogP contribution is 2.23. The number of nitrogens with one attached hydrogen (secondary N) is 1. The molecule has 0 amide bonds. The third-order valence-electron chi connectivity index (χ3n) is 3.40. The smallest absolute Gasteiger partial charge is 0.0704 e. The molecule has 0 aliphatic carbocycles. The SMILES string of the molecule is CNC(C)CC(C)c1ccc2cccnc2c1. The minimum Gasteiger partial charge on any atom is -0.317 e. The zero-order valence-electron chi connectivity index (χ0n) is 10.8. The maximum Gasteiger partial charge on any atom is 0.0704 e. The summed E-state index contributed by atoms with van der Waals surface area (Å²) in [6.45, 7) is 4.49. The van der Waals surface area contributed by atoms with Gasteiger partial charge in [-0.1, -0.05) is 25.1 Å². The van der Waals surface area contributed by atoms with Crippen molar-refractivity contribution in [3.63, 3.8) is 0 Å². The zero-order chi connectivity index (χ0) is 12.3. The van der Waals surface area contributed by atoms with Gasteiger partial charge in [0.15, 0.2) is 0 Å². The van der Waals surface area contributed by atoms with E-state index in [1.165, 1.54) is 10.9 Å². The van der Waals surface area contributed by atoms with Crippen molar-refractivity contribution in [1.82, 2.24) is 10.3 Å². The van der Waals surface area contributed by atoms with Crippen LogP contribution in [0.4, 0.5) is 0 Å². The Labute approximate surface area is 103 Å². The van der Waals surface area contributed by atoms with Crippen LogP contribution in [0, 0.1) is 0 Å². The summed E-state index contributed by atoms with van der Waals surface area (Å²) < 4.78 is 0. The van der Waals surface area contributed by atoms with E-state index >= 15 is 0 Å². The third kappa shape index (κ3) is 2.83. The first-order chi connectivity index (χ1) is 8.20. The Morgan fingerprint density at radius 1 is 1.24 bits per heavy atom. The van der Waals surface area contributed by atoms with Gasteiger partial charge in [-0.15, -0.1) is 0 Å². The number of pyridine rings is 1. The van der Waals surface area contributed by atoms with Crippen LogP contribution in [0.2, 0.25) is 0 Å². The third-order valence-corrected chi connectivity index (χ3v) is 3.40. The number of hydrogen-bond donors (Lipinski definition) is 1. The molecule has 0 bridgehead atoms. The standard InChI is InChI=1S/C15H20N2/c1-11(9-12(2)16-3)14-7-6-13-5-4-8-17-15(13)10-14/h4-8,10-12,16H,9H2,1-3H3. The van der Waals surface area contributed by atoms with E-state index in [0.29, 0.717) is 12.0 Å². The van der Waals surface area contributed by atoms with Crippen molar-refractivity contribution < 1.29 is 0 Å². The van der Waals surface area contributed by atoms with Gasteiger partial charge in [-0.05, 0) is 44.0 Å². The number of hydrogen-bond acceptors (Lipinski definition) is 2. The van der Waals surface area contributed by atoms with Gasteiger partial charge in [-0.25, -0.2) is 0 Å². The summed E-state index contributed by atoms with van der Waals surface area (Å²) >= 11 is 0. The van der Waals surface area contributed by atoms with Crippen LogP contribution in [0.5, 0.6) is 0 Å². The number of fused-ring (bicyclic) bond motifs is 1. The molecule has 17 heavy (non-hydrogen) atoms. The maximum absolute atomic E-state index is 4.41. The molecule has 2 unspecified atom stereocenters. The van der Waals surface area contributed by atoms with Gasteiger partial charge in [0.1, 0.15) is 0 Å². The maximum atomic E-state index is 4.41. The van der Waals surface area contributed by atoms with Crippen LogP contribution in [-0.4, -0.2) is 18.1 Å². The molecule has 2 aromatic rings. The lowest BCUT2D eigenvalue weighted by molar-refractivity contribution is 0.516. The molecule has 0 aliphatic heterocycles. The lowest BCUT2D eigenvalue weighted by atomic mass is 9.93. The Morgan fingerprint density at radius 2 is 2.06 bits per heavy atom. The van der Waals surface area contributed by atoms with Crippen molar-refractivity contribution in [1.29, 1.82) is 0 Å². The number of rotatable bonds is 4.